The molecule has 0 spiro atoms. The van der Waals surface area contributed by atoms with Crippen LogP contribution in [-0.4, -0.2) is 17.1 Å². The lowest BCUT2D eigenvalue weighted by Crippen LogP contribution is -2.48. The number of primary amides is 1. The molecule has 7 heteroatoms. The van der Waals surface area contributed by atoms with Gasteiger partial charge in [0.25, 0.3) is 0 Å². The number of nitrogens with two attached hydrogens (primary N) is 1. The highest BCUT2D eigenvalue weighted by molar-refractivity contribution is 7.11. The van der Waals surface area contributed by atoms with Crippen molar-refractivity contribution in [3.63, 3.8) is 0 Å². The van der Waals surface area contributed by atoms with E-state index in [0.29, 0.717) is 0 Å². The van der Waals surface area contributed by atoms with Gasteiger partial charge in [-0.05, 0) is 26.7 Å². The third-order valence-corrected chi connectivity index (χ3v) is 5.10. The van der Waals surface area contributed by atoms with Crippen molar-refractivity contribution < 1.29 is 18.0 Å². The van der Waals surface area contributed by atoms with Crippen molar-refractivity contribution in [1.29, 1.82) is 0 Å². The van der Waals surface area contributed by atoms with Gasteiger partial charge in [0.15, 0.2) is 0 Å². The molecule has 1 aliphatic rings. The quantitative estimate of drug-likeness (QED) is 0.919. The third kappa shape index (κ3) is 2.95. The number of hydrogen-bond acceptors (Lipinski definition) is 3. The predicted molar refractivity (Wildman–Crippen MR) is 79.4 cm³/mol. The van der Waals surface area contributed by atoms with Crippen LogP contribution in [0.25, 0.3) is 0 Å². The van der Waals surface area contributed by atoms with Crippen LogP contribution in [0.3, 0.4) is 0 Å². The Morgan fingerprint density at radius 1 is 1.41 bits per heavy atom. The summed E-state index contributed by atoms with van der Waals surface area (Å²) in [7, 11) is 0. The molecule has 0 radical (unpaired) electrons. The van der Waals surface area contributed by atoms with E-state index in [1.54, 1.807) is 6.92 Å². The summed E-state index contributed by atoms with van der Waals surface area (Å²) in [6.45, 7) is 3.59. The van der Waals surface area contributed by atoms with Gasteiger partial charge in [0.1, 0.15) is 0 Å². The molecule has 3 nitrogen and oxygen atoms in total. The first-order chi connectivity index (χ1) is 10.2. The highest BCUT2D eigenvalue weighted by Crippen LogP contribution is 2.51. The number of thiazole rings is 1. The molecule has 0 saturated carbocycles. The summed E-state index contributed by atoms with van der Waals surface area (Å²) in [5, 5.41) is 0.819. The smallest absolute Gasteiger partial charge is 0.369 e. The first-order valence-corrected chi connectivity index (χ1v) is 7.64. The maximum atomic E-state index is 13.7. The number of carbonyl (C=O) groups is 1. The molecule has 2 unspecified atom stereocenters. The van der Waals surface area contributed by atoms with Crippen molar-refractivity contribution in [2.45, 2.75) is 32.9 Å². The fraction of sp³-hybridized carbons (Fsp3) is 0.467. The van der Waals surface area contributed by atoms with Crippen LogP contribution in [0.2, 0.25) is 0 Å². The number of halogens is 3. The van der Waals surface area contributed by atoms with Crippen molar-refractivity contribution in [2.24, 2.45) is 17.1 Å². The monoisotopic (exact) mass is 330 g/mol. The predicted octanol–water partition coefficient (Wildman–Crippen LogP) is 3.47. The van der Waals surface area contributed by atoms with E-state index in [2.05, 4.69) is 4.98 Å². The van der Waals surface area contributed by atoms with Gasteiger partial charge < -0.3 is 5.73 Å². The van der Waals surface area contributed by atoms with Gasteiger partial charge in [0.2, 0.25) is 5.91 Å². The van der Waals surface area contributed by atoms with Gasteiger partial charge in [-0.1, -0.05) is 24.3 Å². The van der Waals surface area contributed by atoms with Crippen molar-refractivity contribution in [3.8, 4) is 0 Å². The summed E-state index contributed by atoms with van der Waals surface area (Å²) >= 11 is 1.39. The molecular weight excluding hydrogens is 313 g/mol. The molecule has 1 aromatic heterocycles. The van der Waals surface area contributed by atoms with E-state index in [0.717, 1.165) is 21.7 Å². The second-order valence-corrected chi connectivity index (χ2v) is 6.69. The summed E-state index contributed by atoms with van der Waals surface area (Å²) < 4.78 is 41.1. The molecule has 2 N–H and O–H groups in total. The average molecular weight is 330 g/mol. The second-order valence-electron chi connectivity index (χ2n) is 5.40. The Labute approximate surface area is 130 Å². The van der Waals surface area contributed by atoms with E-state index in [1.165, 1.54) is 29.6 Å². The van der Waals surface area contributed by atoms with Crippen molar-refractivity contribution in [2.75, 3.05) is 0 Å². The SMILES string of the molecule is Cc1nc(C)c(CCC2(C(F)(F)F)C=CC=CC2C(N)=O)s1. The first-order valence-electron chi connectivity index (χ1n) is 6.82. The molecule has 22 heavy (non-hydrogen) atoms. The van der Waals surface area contributed by atoms with E-state index >= 15 is 0 Å². The highest BCUT2D eigenvalue weighted by Gasteiger charge is 2.58. The fourth-order valence-corrected chi connectivity index (χ4v) is 3.74. The number of alkyl halides is 3. The molecule has 0 aromatic carbocycles. The van der Waals surface area contributed by atoms with Gasteiger partial charge >= 0.3 is 6.18 Å². The molecule has 120 valence electrons. The normalized spacial score (nSPS) is 24.7. The number of allylic oxidation sites excluding steroid dienone is 3. The van der Waals surface area contributed by atoms with Crippen LogP contribution in [0.5, 0.6) is 0 Å². The molecule has 0 saturated heterocycles. The zero-order valence-electron chi connectivity index (χ0n) is 12.3. The Hall–Kier alpha value is -1.63. The molecular formula is C15H17F3N2OS. The van der Waals surface area contributed by atoms with Gasteiger partial charge in [0, 0.05) is 4.88 Å². The standard InChI is InChI=1S/C15H17F3N2OS/c1-9-12(22-10(2)20-9)6-8-14(15(16,17)18)7-4-3-5-11(14)13(19)21/h3-5,7,11H,6,8H2,1-2H3,(H2,19,21). The Bertz CT molecular complexity index is 633. The molecule has 1 aromatic rings. The van der Waals surface area contributed by atoms with Crippen LogP contribution in [0.1, 0.15) is 22.0 Å². The van der Waals surface area contributed by atoms with Gasteiger partial charge in [-0.3, -0.25) is 4.79 Å². The molecule has 2 rings (SSSR count). The van der Waals surface area contributed by atoms with Gasteiger partial charge in [-0.15, -0.1) is 11.3 Å². The first kappa shape index (κ1) is 16.7. The van der Waals surface area contributed by atoms with Crippen molar-refractivity contribution in [3.05, 3.63) is 39.9 Å². The maximum Gasteiger partial charge on any atom is 0.398 e. The molecule has 2 atom stereocenters. The van der Waals surface area contributed by atoms with Crippen LogP contribution >= 0.6 is 11.3 Å². The summed E-state index contributed by atoms with van der Waals surface area (Å²) in [4.78, 5) is 16.6. The van der Waals surface area contributed by atoms with E-state index in [1.807, 2.05) is 6.92 Å². The molecule has 0 aliphatic heterocycles. The number of aromatic nitrogens is 1. The largest absolute Gasteiger partial charge is 0.398 e. The second kappa shape index (κ2) is 5.87. The Morgan fingerprint density at radius 3 is 2.59 bits per heavy atom. The van der Waals surface area contributed by atoms with E-state index in [9.17, 15) is 18.0 Å². The lowest BCUT2D eigenvalue weighted by Gasteiger charge is -2.38. The Balaban J connectivity index is 2.34. The molecule has 1 heterocycles. The van der Waals surface area contributed by atoms with E-state index < -0.39 is 23.4 Å². The zero-order valence-corrected chi connectivity index (χ0v) is 13.1. The van der Waals surface area contributed by atoms with Crippen LogP contribution in [-0.2, 0) is 11.2 Å². The highest BCUT2D eigenvalue weighted by atomic mass is 32.1. The summed E-state index contributed by atoms with van der Waals surface area (Å²) in [6.07, 6.45) is 0.485. The van der Waals surface area contributed by atoms with Crippen molar-refractivity contribution >= 4 is 17.2 Å². The molecule has 1 amide bonds. The minimum absolute atomic E-state index is 0.207. The van der Waals surface area contributed by atoms with Crippen LogP contribution in [0, 0.1) is 25.2 Å². The minimum Gasteiger partial charge on any atom is -0.369 e. The average Bonchev–Trinajstić information content (AvgIpc) is 2.73. The number of carbonyl (C=O) groups excluding carboxylic acids is 1. The maximum absolute atomic E-state index is 13.7. The summed E-state index contributed by atoms with van der Waals surface area (Å²) in [5.74, 6) is -2.35. The van der Waals surface area contributed by atoms with E-state index in [-0.39, 0.29) is 12.8 Å². The van der Waals surface area contributed by atoms with Gasteiger partial charge in [-0.25, -0.2) is 4.98 Å². The van der Waals surface area contributed by atoms with Gasteiger partial charge in [0.05, 0.1) is 22.0 Å². The lowest BCUT2D eigenvalue weighted by molar-refractivity contribution is -0.220. The number of nitrogens with zero attached hydrogens (tertiary/aromatic N) is 1. The molecule has 1 aliphatic carbocycles. The summed E-state index contributed by atoms with van der Waals surface area (Å²) in [5.41, 5.74) is 3.70. The number of rotatable bonds is 4. The summed E-state index contributed by atoms with van der Waals surface area (Å²) in [6, 6.07) is 0. The van der Waals surface area contributed by atoms with Crippen LogP contribution < -0.4 is 5.73 Å². The zero-order chi connectivity index (χ0) is 16.5. The van der Waals surface area contributed by atoms with E-state index in [4.69, 9.17) is 5.73 Å². The number of amides is 1. The van der Waals surface area contributed by atoms with Crippen molar-refractivity contribution in [1.82, 2.24) is 4.98 Å². The number of aryl methyl sites for hydroxylation is 3. The topological polar surface area (TPSA) is 56.0 Å². The molecule has 0 bridgehead atoms. The Kier molecular flexibility index (Phi) is 4.47. The van der Waals surface area contributed by atoms with Crippen LogP contribution in [0.4, 0.5) is 13.2 Å². The fourth-order valence-electron chi connectivity index (χ4n) is 2.80. The van der Waals surface area contributed by atoms with Gasteiger partial charge in [-0.2, -0.15) is 13.2 Å². The lowest BCUT2D eigenvalue weighted by atomic mass is 9.68. The molecule has 0 fully saturated rings. The number of hydrogen-bond donors (Lipinski definition) is 1. The third-order valence-electron chi connectivity index (χ3n) is 3.96. The van der Waals surface area contributed by atoms with Crippen LogP contribution in [0.15, 0.2) is 24.3 Å². The Morgan fingerprint density at radius 2 is 2.09 bits per heavy atom. The minimum atomic E-state index is -4.55.